The van der Waals surface area contributed by atoms with Gasteiger partial charge in [0, 0.05) is 19.0 Å². The first kappa shape index (κ1) is 9.32. The smallest absolute Gasteiger partial charge is 0.409 e. The summed E-state index contributed by atoms with van der Waals surface area (Å²) in [7, 11) is 3.13. The third-order valence-corrected chi connectivity index (χ3v) is 2.45. The van der Waals surface area contributed by atoms with Crippen molar-refractivity contribution in [1.29, 1.82) is 0 Å². The Morgan fingerprint density at radius 3 is 2.58 bits per heavy atom. The van der Waals surface area contributed by atoms with E-state index in [0.717, 1.165) is 19.4 Å². The third-order valence-electron chi connectivity index (χ3n) is 2.45. The fraction of sp³-hybridized carbons (Fsp3) is 0.875. The second kappa shape index (κ2) is 3.31. The van der Waals surface area contributed by atoms with Gasteiger partial charge >= 0.3 is 6.09 Å². The van der Waals surface area contributed by atoms with Gasteiger partial charge in [-0.05, 0) is 19.4 Å². The lowest BCUT2D eigenvalue weighted by molar-refractivity contribution is 0.125. The van der Waals surface area contributed by atoms with Gasteiger partial charge in [-0.2, -0.15) is 0 Å². The van der Waals surface area contributed by atoms with Gasteiger partial charge < -0.3 is 15.4 Å². The van der Waals surface area contributed by atoms with Crippen molar-refractivity contribution < 1.29 is 9.53 Å². The zero-order valence-corrected chi connectivity index (χ0v) is 7.67. The quantitative estimate of drug-likeness (QED) is 0.671. The summed E-state index contributed by atoms with van der Waals surface area (Å²) in [6.45, 7) is 1.38. The van der Waals surface area contributed by atoms with Gasteiger partial charge in [0.15, 0.2) is 0 Å². The molecule has 0 spiro atoms. The number of carbonyl (C=O) groups excluding carboxylic acids is 1. The lowest BCUT2D eigenvalue weighted by Crippen LogP contribution is -2.35. The highest BCUT2D eigenvalue weighted by atomic mass is 16.5. The van der Waals surface area contributed by atoms with Crippen LogP contribution in [0.15, 0.2) is 0 Å². The third kappa shape index (κ3) is 1.88. The molecule has 0 radical (unpaired) electrons. The first-order valence-electron chi connectivity index (χ1n) is 4.13. The molecule has 1 aliphatic rings. The zero-order chi connectivity index (χ0) is 9.19. The van der Waals surface area contributed by atoms with Crippen molar-refractivity contribution in [3.63, 3.8) is 0 Å². The van der Waals surface area contributed by atoms with Crippen molar-refractivity contribution in [3.8, 4) is 0 Å². The van der Waals surface area contributed by atoms with Gasteiger partial charge in [0.2, 0.25) is 0 Å². The molecule has 70 valence electrons. The van der Waals surface area contributed by atoms with Crippen molar-refractivity contribution in [2.24, 2.45) is 11.1 Å². The lowest BCUT2D eigenvalue weighted by atomic mass is 10.1. The predicted molar refractivity (Wildman–Crippen MR) is 45.8 cm³/mol. The Labute approximate surface area is 72.7 Å². The van der Waals surface area contributed by atoms with Crippen molar-refractivity contribution in [1.82, 2.24) is 4.90 Å². The van der Waals surface area contributed by atoms with E-state index in [0.29, 0.717) is 6.54 Å². The maximum atomic E-state index is 11.0. The summed E-state index contributed by atoms with van der Waals surface area (Å²) in [5, 5.41) is 0. The molecule has 0 saturated heterocycles. The van der Waals surface area contributed by atoms with Crippen molar-refractivity contribution in [2.75, 3.05) is 27.2 Å². The van der Waals surface area contributed by atoms with E-state index in [1.807, 2.05) is 0 Å². The molecule has 2 N–H and O–H groups in total. The van der Waals surface area contributed by atoms with Crippen LogP contribution < -0.4 is 5.73 Å². The topological polar surface area (TPSA) is 55.6 Å². The van der Waals surface area contributed by atoms with Gasteiger partial charge in [0.05, 0.1) is 7.11 Å². The van der Waals surface area contributed by atoms with Gasteiger partial charge in [-0.3, -0.25) is 0 Å². The van der Waals surface area contributed by atoms with E-state index in [9.17, 15) is 4.79 Å². The number of nitrogens with two attached hydrogens (primary N) is 1. The number of methoxy groups -OCH3 is 1. The molecule has 1 fully saturated rings. The Hall–Kier alpha value is -0.770. The van der Waals surface area contributed by atoms with Gasteiger partial charge in [-0.15, -0.1) is 0 Å². The Morgan fingerprint density at radius 1 is 1.67 bits per heavy atom. The van der Waals surface area contributed by atoms with E-state index in [1.165, 1.54) is 7.11 Å². The summed E-state index contributed by atoms with van der Waals surface area (Å²) in [4.78, 5) is 12.6. The van der Waals surface area contributed by atoms with Crippen LogP contribution in [0, 0.1) is 5.41 Å². The summed E-state index contributed by atoms with van der Waals surface area (Å²) >= 11 is 0. The van der Waals surface area contributed by atoms with E-state index >= 15 is 0 Å². The van der Waals surface area contributed by atoms with Crippen LogP contribution >= 0.6 is 0 Å². The minimum Gasteiger partial charge on any atom is -0.453 e. The second-order valence-electron chi connectivity index (χ2n) is 3.53. The summed E-state index contributed by atoms with van der Waals surface area (Å²) in [6, 6.07) is 0. The summed E-state index contributed by atoms with van der Waals surface area (Å²) < 4.78 is 4.58. The minimum absolute atomic E-state index is 0.197. The molecule has 0 aromatic rings. The largest absolute Gasteiger partial charge is 0.453 e. The Bertz CT molecular complexity index is 178. The molecule has 0 atom stereocenters. The molecule has 1 aliphatic carbocycles. The van der Waals surface area contributed by atoms with Crippen LogP contribution in [0.4, 0.5) is 4.79 Å². The standard InChI is InChI=1S/C8H16N2O2/c1-10(7(11)12-2)6-8(5-9)3-4-8/h3-6,9H2,1-2H3. The molecule has 0 heterocycles. The monoisotopic (exact) mass is 172 g/mol. The second-order valence-corrected chi connectivity index (χ2v) is 3.53. The Morgan fingerprint density at radius 2 is 2.25 bits per heavy atom. The van der Waals surface area contributed by atoms with Crippen LogP contribution in [-0.2, 0) is 4.74 Å². The molecule has 0 unspecified atom stereocenters. The number of hydrogen-bond acceptors (Lipinski definition) is 3. The Balaban J connectivity index is 2.35. The normalized spacial score (nSPS) is 18.6. The number of ether oxygens (including phenoxy) is 1. The SMILES string of the molecule is COC(=O)N(C)CC1(CN)CC1. The molecular weight excluding hydrogens is 156 g/mol. The first-order valence-corrected chi connectivity index (χ1v) is 4.13. The van der Waals surface area contributed by atoms with Crippen molar-refractivity contribution >= 4 is 6.09 Å². The molecule has 4 nitrogen and oxygen atoms in total. The van der Waals surface area contributed by atoms with Crippen LogP contribution in [0.25, 0.3) is 0 Å². The van der Waals surface area contributed by atoms with Crippen LogP contribution in [0.5, 0.6) is 0 Å². The number of amides is 1. The van der Waals surface area contributed by atoms with Crippen molar-refractivity contribution in [2.45, 2.75) is 12.8 Å². The van der Waals surface area contributed by atoms with E-state index in [-0.39, 0.29) is 11.5 Å². The van der Waals surface area contributed by atoms with Crippen LogP contribution in [0.3, 0.4) is 0 Å². The molecular formula is C8H16N2O2. The summed E-state index contributed by atoms with van der Waals surface area (Å²) in [5.74, 6) is 0. The minimum atomic E-state index is -0.283. The number of carbonyl (C=O) groups is 1. The highest BCUT2D eigenvalue weighted by Gasteiger charge is 2.42. The van der Waals surface area contributed by atoms with Crippen LogP contribution in [-0.4, -0.2) is 38.2 Å². The van der Waals surface area contributed by atoms with E-state index in [2.05, 4.69) is 4.74 Å². The maximum Gasteiger partial charge on any atom is 0.409 e. The molecule has 1 amide bonds. The molecule has 12 heavy (non-hydrogen) atoms. The average Bonchev–Trinajstić information content (AvgIpc) is 2.84. The molecule has 4 heteroatoms. The Kier molecular flexibility index (Phi) is 2.57. The fourth-order valence-electron chi connectivity index (χ4n) is 1.33. The fourth-order valence-corrected chi connectivity index (χ4v) is 1.33. The highest BCUT2D eigenvalue weighted by molar-refractivity contribution is 5.67. The van der Waals surface area contributed by atoms with Gasteiger partial charge in [0.25, 0.3) is 0 Å². The lowest BCUT2D eigenvalue weighted by Gasteiger charge is -2.21. The van der Waals surface area contributed by atoms with Crippen molar-refractivity contribution in [3.05, 3.63) is 0 Å². The van der Waals surface area contributed by atoms with E-state index in [1.54, 1.807) is 11.9 Å². The van der Waals surface area contributed by atoms with E-state index < -0.39 is 0 Å². The predicted octanol–water partition coefficient (Wildman–Crippen LogP) is 0.423. The molecule has 1 saturated carbocycles. The summed E-state index contributed by atoms with van der Waals surface area (Å²) in [6.07, 6.45) is 1.98. The van der Waals surface area contributed by atoms with Gasteiger partial charge in [-0.25, -0.2) is 4.79 Å². The first-order chi connectivity index (χ1) is 5.63. The number of hydrogen-bond donors (Lipinski definition) is 1. The van der Waals surface area contributed by atoms with Crippen LogP contribution in [0.2, 0.25) is 0 Å². The molecule has 0 bridgehead atoms. The molecule has 0 aromatic carbocycles. The number of nitrogens with zero attached hydrogens (tertiary/aromatic N) is 1. The maximum absolute atomic E-state index is 11.0. The number of rotatable bonds is 3. The van der Waals surface area contributed by atoms with Gasteiger partial charge in [0.1, 0.15) is 0 Å². The summed E-state index contributed by atoms with van der Waals surface area (Å²) in [5.41, 5.74) is 5.78. The molecule has 0 aliphatic heterocycles. The van der Waals surface area contributed by atoms with Crippen LogP contribution in [0.1, 0.15) is 12.8 Å². The highest BCUT2D eigenvalue weighted by Crippen LogP contribution is 2.44. The molecule has 0 aromatic heterocycles. The van der Waals surface area contributed by atoms with E-state index in [4.69, 9.17) is 5.73 Å². The van der Waals surface area contributed by atoms with Gasteiger partial charge in [-0.1, -0.05) is 0 Å². The zero-order valence-electron chi connectivity index (χ0n) is 7.67. The average molecular weight is 172 g/mol. The molecule has 1 rings (SSSR count).